The fourth-order valence-electron chi connectivity index (χ4n) is 3.63. The molecule has 0 unspecified atom stereocenters. The van der Waals surface area contributed by atoms with E-state index in [0.717, 1.165) is 55.2 Å². The van der Waals surface area contributed by atoms with Crippen LogP contribution in [-0.2, 0) is 24.3 Å². The molecule has 7 nitrogen and oxygen atoms in total. The zero-order valence-electron chi connectivity index (χ0n) is 16.2. The van der Waals surface area contributed by atoms with E-state index in [0.29, 0.717) is 30.8 Å². The predicted octanol–water partition coefficient (Wildman–Crippen LogP) is 3.40. The van der Waals surface area contributed by atoms with Crippen LogP contribution in [-0.4, -0.2) is 33.6 Å². The van der Waals surface area contributed by atoms with Gasteiger partial charge in [-0.05, 0) is 44.4 Å². The van der Waals surface area contributed by atoms with Crippen molar-refractivity contribution in [1.82, 2.24) is 19.9 Å². The number of fused-ring (bicyclic) bond motifs is 3. The van der Waals surface area contributed by atoms with Gasteiger partial charge in [0.2, 0.25) is 0 Å². The molecule has 0 bridgehead atoms. The predicted molar refractivity (Wildman–Crippen MR) is 105 cm³/mol. The monoisotopic (exact) mass is 382 g/mol. The van der Waals surface area contributed by atoms with Crippen LogP contribution in [0.3, 0.4) is 0 Å². The Morgan fingerprint density at radius 2 is 2.25 bits per heavy atom. The highest BCUT2D eigenvalue weighted by Crippen LogP contribution is 2.24. The molecule has 3 aromatic rings. The van der Waals surface area contributed by atoms with Crippen LogP contribution in [0.1, 0.15) is 53.3 Å². The zero-order chi connectivity index (χ0) is 19.3. The maximum Gasteiger partial charge on any atom is 0.253 e. The number of carbonyl (C=O) groups is 1. The number of furan rings is 1. The van der Waals surface area contributed by atoms with E-state index in [1.807, 2.05) is 25.1 Å². The summed E-state index contributed by atoms with van der Waals surface area (Å²) in [5.74, 6) is 1.75. The summed E-state index contributed by atoms with van der Waals surface area (Å²) < 4.78 is 13.0. The van der Waals surface area contributed by atoms with E-state index in [9.17, 15) is 4.79 Å². The number of nitrogens with zero attached hydrogens (tertiary/aromatic N) is 3. The van der Waals surface area contributed by atoms with Gasteiger partial charge in [-0.1, -0.05) is 6.42 Å². The fourth-order valence-corrected chi connectivity index (χ4v) is 3.63. The van der Waals surface area contributed by atoms with Crippen molar-refractivity contribution in [2.45, 2.75) is 52.2 Å². The third-order valence-electron chi connectivity index (χ3n) is 5.01. The van der Waals surface area contributed by atoms with Crippen molar-refractivity contribution in [2.75, 3.05) is 13.2 Å². The number of aromatic nitrogens is 3. The molecule has 7 heteroatoms. The van der Waals surface area contributed by atoms with Gasteiger partial charge in [0.05, 0.1) is 11.8 Å². The SMILES string of the molecule is Cc1cc(C(=O)NCCCOCc2ccco2)c2nc3n(c2n1)CCCCC3. The molecule has 1 amide bonds. The minimum absolute atomic E-state index is 0.102. The Bertz CT molecular complexity index is 946. The van der Waals surface area contributed by atoms with Crippen molar-refractivity contribution in [3.8, 4) is 0 Å². The molecule has 0 aromatic carbocycles. The van der Waals surface area contributed by atoms with E-state index in [-0.39, 0.29) is 5.91 Å². The molecule has 1 aliphatic rings. The first-order valence-corrected chi connectivity index (χ1v) is 9.97. The summed E-state index contributed by atoms with van der Waals surface area (Å²) in [4.78, 5) is 22.2. The Morgan fingerprint density at radius 3 is 3.11 bits per heavy atom. The van der Waals surface area contributed by atoms with E-state index < -0.39 is 0 Å². The number of pyridine rings is 1. The van der Waals surface area contributed by atoms with Crippen LogP contribution in [0.4, 0.5) is 0 Å². The van der Waals surface area contributed by atoms with Crippen molar-refractivity contribution in [3.05, 3.63) is 47.3 Å². The second-order valence-electron chi connectivity index (χ2n) is 7.22. The largest absolute Gasteiger partial charge is 0.467 e. The minimum atomic E-state index is -0.102. The van der Waals surface area contributed by atoms with E-state index in [1.165, 1.54) is 6.42 Å². The standard InChI is InChI=1S/C21H26N4O3/c1-15-13-17(19-20(23-15)25-10-4-2-3-8-18(25)24-19)21(26)22-9-6-11-27-14-16-7-5-12-28-16/h5,7,12-13H,2-4,6,8-11,14H2,1H3,(H,22,26). The van der Waals surface area contributed by atoms with Crippen LogP contribution in [0.15, 0.2) is 28.9 Å². The summed E-state index contributed by atoms with van der Waals surface area (Å²) in [6.45, 7) is 4.41. The molecule has 1 aliphatic heterocycles. The van der Waals surface area contributed by atoms with E-state index in [4.69, 9.17) is 14.1 Å². The van der Waals surface area contributed by atoms with Crippen molar-refractivity contribution >= 4 is 17.1 Å². The molecule has 0 saturated heterocycles. The van der Waals surface area contributed by atoms with Crippen molar-refractivity contribution in [2.24, 2.45) is 0 Å². The summed E-state index contributed by atoms with van der Waals surface area (Å²) >= 11 is 0. The van der Waals surface area contributed by atoms with E-state index in [1.54, 1.807) is 6.26 Å². The molecule has 0 radical (unpaired) electrons. The van der Waals surface area contributed by atoms with Gasteiger partial charge in [-0.25, -0.2) is 9.97 Å². The second kappa shape index (κ2) is 8.56. The summed E-state index contributed by atoms with van der Waals surface area (Å²) in [5.41, 5.74) is 3.00. The molecule has 4 rings (SSSR count). The van der Waals surface area contributed by atoms with Gasteiger partial charge in [0.1, 0.15) is 23.7 Å². The molecular formula is C21H26N4O3. The van der Waals surface area contributed by atoms with Crippen LogP contribution in [0.5, 0.6) is 0 Å². The first-order chi connectivity index (χ1) is 13.7. The van der Waals surface area contributed by atoms with Gasteiger partial charge in [-0.2, -0.15) is 0 Å². The Balaban J connectivity index is 1.38. The zero-order valence-corrected chi connectivity index (χ0v) is 16.2. The number of hydrogen-bond acceptors (Lipinski definition) is 5. The molecular weight excluding hydrogens is 356 g/mol. The first kappa shape index (κ1) is 18.7. The number of amides is 1. The third-order valence-corrected chi connectivity index (χ3v) is 5.01. The number of rotatable bonds is 7. The lowest BCUT2D eigenvalue weighted by Crippen LogP contribution is -2.25. The first-order valence-electron chi connectivity index (χ1n) is 9.97. The average molecular weight is 382 g/mol. The van der Waals surface area contributed by atoms with Gasteiger partial charge in [-0.3, -0.25) is 4.79 Å². The highest BCUT2D eigenvalue weighted by Gasteiger charge is 2.20. The molecule has 3 aromatic heterocycles. The second-order valence-corrected chi connectivity index (χ2v) is 7.22. The Morgan fingerprint density at radius 1 is 1.32 bits per heavy atom. The number of ether oxygens (including phenoxy) is 1. The lowest BCUT2D eigenvalue weighted by molar-refractivity contribution is 0.0918. The average Bonchev–Trinajstić information content (AvgIpc) is 3.25. The maximum atomic E-state index is 12.8. The molecule has 148 valence electrons. The number of imidazole rings is 1. The quantitative estimate of drug-likeness (QED) is 0.634. The van der Waals surface area contributed by atoms with Crippen molar-refractivity contribution < 1.29 is 13.9 Å². The minimum Gasteiger partial charge on any atom is -0.467 e. The third kappa shape index (κ3) is 4.09. The molecule has 4 heterocycles. The van der Waals surface area contributed by atoms with Crippen molar-refractivity contribution in [3.63, 3.8) is 0 Å². The molecule has 0 fully saturated rings. The van der Waals surface area contributed by atoms with Crippen LogP contribution < -0.4 is 5.32 Å². The lowest BCUT2D eigenvalue weighted by atomic mass is 10.2. The fraction of sp³-hybridized carbons (Fsp3) is 0.476. The van der Waals surface area contributed by atoms with Gasteiger partial charge in [0.25, 0.3) is 5.91 Å². The van der Waals surface area contributed by atoms with Crippen LogP contribution >= 0.6 is 0 Å². The van der Waals surface area contributed by atoms with E-state index in [2.05, 4.69) is 14.9 Å². The molecule has 28 heavy (non-hydrogen) atoms. The molecule has 0 atom stereocenters. The number of aryl methyl sites for hydroxylation is 3. The summed E-state index contributed by atoms with van der Waals surface area (Å²) in [6, 6.07) is 5.55. The van der Waals surface area contributed by atoms with Gasteiger partial charge in [0.15, 0.2) is 5.65 Å². The lowest BCUT2D eigenvalue weighted by Gasteiger charge is -2.08. The molecule has 0 saturated carbocycles. The summed E-state index contributed by atoms with van der Waals surface area (Å²) in [6.07, 6.45) is 6.80. The van der Waals surface area contributed by atoms with E-state index >= 15 is 0 Å². The Kier molecular flexibility index (Phi) is 5.71. The molecule has 1 N–H and O–H groups in total. The topological polar surface area (TPSA) is 82.2 Å². The van der Waals surface area contributed by atoms with Gasteiger partial charge in [0, 0.05) is 31.8 Å². The Labute approximate surface area is 164 Å². The smallest absolute Gasteiger partial charge is 0.253 e. The summed E-state index contributed by atoms with van der Waals surface area (Å²) in [7, 11) is 0. The highest BCUT2D eigenvalue weighted by molar-refractivity contribution is 6.04. The van der Waals surface area contributed by atoms with Crippen LogP contribution in [0.25, 0.3) is 11.2 Å². The van der Waals surface area contributed by atoms with Gasteiger partial charge in [-0.15, -0.1) is 0 Å². The summed E-state index contributed by atoms with van der Waals surface area (Å²) in [5, 5.41) is 2.99. The Hall–Kier alpha value is -2.67. The number of nitrogens with one attached hydrogen (secondary N) is 1. The number of hydrogen-bond donors (Lipinski definition) is 1. The van der Waals surface area contributed by atoms with Crippen LogP contribution in [0, 0.1) is 6.92 Å². The normalized spacial score (nSPS) is 14.0. The maximum absolute atomic E-state index is 12.8. The highest BCUT2D eigenvalue weighted by atomic mass is 16.5. The number of carbonyl (C=O) groups excluding carboxylic acids is 1. The van der Waals surface area contributed by atoms with Gasteiger partial charge >= 0.3 is 0 Å². The molecule has 0 aliphatic carbocycles. The van der Waals surface area contributed by atoms with Crippen molar-refractivity contribution in [1.29, 1.82) is 0 Å². The molecule has 0 spiro atoms. The van der Waals surface area contributed by atoms with Gasteiger partial charge < -0.3 is 19.0 Å². The van der Waals surface area contributed by atoms with Crippen LogP contribution in [0.2, 0.25) is 0 Å².